The Labute approximate surface area is 223 Å². The van der Waals surface area contributed by atoms with Crippen molar-refractivity contribution >= 4 is 68.3 Å². The number of aromatic nitrogens is 3. The summed E-state index contributed by atoms with van der Waals surface area (Å²) in [5.41, 5.74) is 2.52. The number of fused-ring (bicyclic) bond motifs is 1. The fourth-order valence-electron chi connectivity index (χ4n) is 3.92. The van der Waals surface area contributed by atoms with E-state index in [4.69, 9.17) is 23.2 Å². The highest BCUT2D eigenvalue weighted by Crippen LogP contribution is 2.31. The van der Waals surface area contributed by atoms with Crippen molar-refractivity contribution in [3.05, 3.63) is 70.3 Å². The van der Waals surface area contributed by atoms with Gasteiger partial charge in [0.1, 0.15) is 4.90 Å². The fraction of sp³-hybridized carbons (Fsp3) is 0.174. The molecule has 1 amide bonds. The Morgan fingerprint density at radius 3 is 2.61 bits per heavy atom. The number of sulfonamides is 1. The number of nitrogens with zero attached hydrogens (tertiary/aromatic N) is 2. The normalized spacial score (nSPS) is 15.4. The molecule has 3 heterocycles. The van der Waals surface area contributed by atoms with Gasteiger partial charge in [0, 0.05) is 23.8 Å². The van der Waals surface area contributed by atoms with E-state index in [0.717, 1.165) is 19.5 Å². The van der Waals surface area contributed by atoms with Crippen LogP contribution in [0.25, 0.3) is 22.3 Å². The number of aromatic amines is 1. The van der Waals surface area contributed by atoms with Gasteiger partial charge in [-0.05, 0) is 43.3 Å². The Bertz CT molecular complexity index is 1520. The standard InChI is InChI=1S/C23H20Cl2N6O3S.ClH/c24-18-2-1-3-20(21(18)25)35(33,34)31-14-6-4-13(5-7-14)19-10-16(17-12-27-30-22(17)29-19)23(32)28-15-8-9-26-11-15;/h1-7,10,12,15,26,31H,8-9,11H2,(H,28,32)(H,27,29,30);1H/t15-;/m1./s1. The van der Waals surface area contributed by atoms with Crippen LogP contribution < -0.4 is 15.4 Å². The van der Waals surface area contributed by atoms with Gasteiger partial charge in [-0.15, -0.1) is 12.4 Å². The van der Waals surface area contributed by atoms with E-state index in [1.807, 2.05) is 0 Å². The van der Waals surface area contributed by atoms with Crippen molar-refractivity contribution in [1.82, 2.24) is 25.8 Å². The maximum absolute atomic E-state index is 13.0. The van der Waals surface area contributed by atoms with Crippen LogP contribution in [0.15, 0.2) is 59.6 Å². The van der Waals surface area contributed by atoms with Crippen molar-refractivity contribution in [2.75, 3.05) is 17.8 Å². The van der Waals surface area contributed by atoms with Crippen molar-refractivity contribution < 1.29 is 13.2 Å². The summed E-state index contributed by atoms with van der Waals surface area (Å²) in [6, 6.07) is 12.8. The summed E-state index contributed by atoms with van der Waals surface area (Å²) in [6.07, 6.45) is 2.45. The molecule has 1 aliphatic rings. The third-order valence-electron chi connectivity index (χ3n) is 5.70. The van der Waals surface area contributed by atoms with Crippen molar-refractivity contribution in [1.29, 1.82) is 0 Å². The minimum atomic E-state index is -3.95. The second-order valence-electron chi connectivity index (χ2n) is 8.09. The molecule has 4 N–H and O–H groups in total. The molecule has 9 nitrogen and oxygen atoms in total. The van der Waals surface area contributed by atoms with Gasteiger partial charge in [0.15, 0.2) is 5.65 Å². The maximum Gasteiger partial charge on any atom is 0.263 e. The zero-order valence-corrected chi connectivity index (χ0v) is 21.7. The average Bonchev–Trinajstić information content (AvgIpc) is 3.52. The first-order chi connectivity index (χ1) is 16.8. The molecule has 0 bridgehead atoms. The van der Waals surface area contributed by atoms with Crippen molar-refractivity contribution in [3.63, 3.8) is 0 Å². The number of carbonyl (C=O) groups excluding carboxylic acids is 1. The molecule has 2 aromatic heterocycles. The number of halogens is 3. The maximum atomic E-state index is 13.0. The molecule has 1 aliphatic heterocycles. The zero-order valence-electron chi connectivity index (χ0n) is 18.6. The highest BCUT2D eigenvalue weighted by atomic mass is 35.5. The molecule has 4 aromatic rings. The molecule has 0 saturated carbocycles. The monoisotopic (exact) mass is 566 g/mol. The van der Waals surface area contributed by atoms with E-state index in [1.165, 1.54) is 18.2 Å². The Balaban J connectivity index is 0.00000304. The highest BCUT2D eigenvalue weighted by Gasteiger charge is 2.22. The van der Waals surface area contributed by atoms with Gasteiger partial charge in [-0.2, -0.15) is 5.10 Å². The first-order valence-electron chi connectivity index (χ1n) is 10.7. The number of amides is 1. The number of H-pyrrole nitrogens is 1. The molecule has 1 atom stereocenters. The van der Waals surface area contributed by atoms with Crippen LogP contribution >= 0.6 is 35.6 Å². The molecular weight excluding hydrogens is 547 g/mol. The summed E-state index contributed by atoms with van der Waals surface area (Å²) in [5, 5.41) is 13.9. The van der Waals surface area contributed by atoms with Crippen LogP contribution in [0.2, 0.25) is 10.0 Å². The molecule has 13 heteroatoms. The van der Waals surface area contributed by atoms with Gasteiger partial charge >= 0.3 is 0 Å². The Kier molecular flexibility index (Phi) is 7.72. The number of carbonyl (C=O) groups is 1. The van der Waals surface area contributed by atoms with E-state index in [2.05, 4.69) is 30.5 Å². The van der Waals surface area contributed by atoms with E-state index in [9.17, 15) is 13.2 Å². The van der Waals surface area contributed by atoms with Crippen LogP contribution in [0.5, 0.6) is 0 Å². The highest BCUT2D eigenvalue weighted by molar-refractivity contribution is 7.92. The minimum absolute atomic E-state index is 0. The second-order valence-corrected chi connectivity index (χ2v) is 10.5. The fourth-order valence-corrected chi connectivity index (χ4v) is 5.74. The second kappa shape index (κ2) is 10.6. The van der Waals surface area contributed by atoms with Crippen LogP contribution in [0.4, 0.5) is 5.69 Å². The lowest BCUT2D eigenvalue weighted by Gasteiger charge is -2.13. The van der Waals surface area contributed by atoms with Gasteiger partial charge in [0.25, 0.3) is 15.9 Å². The Hall–Kier alpha value is -2.89. The van der Waals surface area contributed by atoms with E-state index >= 15 is 0 Å². The summed E-state index contributed by atoms with van der Waals surface area (Å²) in [5.74, 6) is -0.198. The predicted octanol–water partition coefficient (Wildman–Crippen LogP) is 4.25. The lowest BCUT2D eigenvalue weighted by Crippen LogP contribution is -2.36. The van der Waals surface area contributed by atoms with E-state index < -0.39 is 10.0 Å². The number of benzene rings is 2. The van der Waals surface area contributed by atoms with E-state index in [1.54, 1.807) is 36.5 Å². The van der Waals surface area contributed by atoms with Crippen LogP contribution in [-0.4, -0.2) is 48.6 Å². The quantitative estimate of drug-likeness (QED) is 0.276. The molecule has 0 spiro atoms. The van der Waals surface area contributed by atoms with Gasteiger partial charge in [-0.3, -0.25) is 14.6 Å². The predicted molar refractivity (Wildman–Crippen MR) is 143 cm³/mol. The molecule has 188 valence electrons. The number of rotatable bonds is 6. The van der Waals surface area contributed by atoms with Crippen LogP contribution in [-0.2, 0) is 10.0 Å². The van der Waals surface area contributed by atoms with Crippen molar-refractivity contribution in [2.24, 2.45) is 0 Å². The molecular formula is C23H21Cl3N6O3S. The zero-order chi connectivity index (χ0) is 24.6. The molecule has 0 unspecified atom stereocenters. The van der Waals surface area contributed by atoms with Crippen LogP contribution in [0.3, 0.4) is 0 Å². The number of hydrogen-bond donors (Lipinski definition) is 4. The lowest BCUT2D eigenvalue weighted by molar-refractivity contribution is 0.0941. The summed E-state index contributed by atoms with van der Waals surface area (Å²) >= 11 is 12.0. The Morgan fingerprint density at radius 2 is 1.89 bits per heavy atom. The average molecular weight is 568 g/mol. The number of anilines is 1. The minimum Gasteiger partial charge on any atom is -0.348 e. The third-order valence-corrected chi connectivity index (χ3v) is 8.06. The molecule has 36 heavy (non-hydrogen) atoms. The van der Waals surface area contributed by atoms with E-state index in [0.29, 0.717) is 33.5 Å². The lowest BCUT2D eigenvalue weighted by atomic mass is 10.1. The van der Waals surface area contributed by atoms with Gasteiger partial charge in [0.2, 0.25) is 0 Å². The summed E-state index contributed by atoms with van der Waals surface area (Å²) in [4.78, 5) is 17.4. The third kappa shape index (κ3) is 5.28. The summed E-state index contributed by atoms with van der Waals surface area (Å²) < 4.78 is 28.1. The van der Waals surface area contributed by atoms with Gasteiger partial charge in [-0.25, -0.2) is 13.4 Å². The van der Waals surface area contributed by atoms with Crippen LogP contribution in [0, 0.1) is 0 Å². The van der Waals surface area contributed by atoms with Crippen molar-refractivity contribution in [2.45, 2.75) is 17.4 Å². The molecule has 0 aliphatic carbocycles. The first-order valence-corrected chi connectivity index (χ1v) is 13.0. The molecule has 2 aromatic carbocycles. The van der Waals surface area contributed by atoms with E-state index in [-0.39, 0.29) is 39.3 Å². The number of hydrogen-bond acceptors (Lipinski definition) is 6. The summed E-state index contributed by atoms with van der Waals surface area (Å²) in [7, 11) is -3.95. The first kappa shape index (κ1) is 26.2. The topological polar surface area (TPSA) is 129 Å². The molecule has 1 fully saturated rings. The smallest absolute Gasteiger partial charge is 0.263 e. The van der Waals surface area contributed by atoms with Crippen molar-refractivity contribution in [3.8, 4) is 11.3 Å². The van der Waals surface area contributed by atoms with Crippen LogP contribution in [0.1, 0.15) is 16.8 Å². The largest absolute Gasteiger partial charge is 0.348 e. The Morgan fingerprint density at radius 1 is 1.11 bits per heavy atom. The molecule has 5 rings (SSSR count). The van der Waals surface area contributed by atoms with Gasteiger partial charge in [-0.1, -0.05) is 41.4 Å². The number of nitrogens with one attached hydrogen (secondary N) is 4. The van der Waals surface area contributed by atoms with Gasteiger partial charge < -0.3 is 10.6 Å². The molecule has 1 saturated heterocycles. The summed E-state index contributed by atoms with van der Waals surface area (Å²) in [6.45, 7) is 1.60. The SMILES string of the molecule is Cl.O=C(N[C@@H]1CCNC1)c1cc(-c2ccc(NS(=O)(=O)c3cccc(Cl)c3Cl)cc2)nc2[nH]ncc12. The molecule has 0 radical (unpaired) electrons. The number of pyridine rings is 1. The van der Waals surface area contributed by atoms with Gasteiger partial charge in [0.05, 0.1) is 32.9 Å².